The third kappa shape index (κ3) is 3.08. The van der Waals surface area contributed by atoms with Gasteiger partial charge in [-0.1, -0.05) is 12.2 Å². The predicted molar refractivity (Wildman–Crippen MR) is 78.2 cm³/mol. The molecule has 100 valence electrons. The minimum absolute atomic E-state index is 0.315. The van der Waals surface area contributed by atoms with Crippen molar-refractivity contribution >= 4 is 23.0 Å². The van der Waals surface area contributed by atoms with Crippen LogP contribution in [0.4, 0.5) is 5.82 Å². The minimum atomic E-state index is 0.315. The highest BCUT2D eigenvalue weighted by Gasteiger charge is 2.09. The largest absolute Gasteiger partial charge is 0.444 e. The molecule has 0 atom stereocenters. The molecule has 6 heteroatoms. The van der Waals surface area contributed by atoms with Gasteiger partial charge in [0.05, 0.1) is 17.8 Å². The summed E-state index contributed by atoms with van der Waals surface area (Å²) in [5.74, 6) is 2.09. The molecule has 0 unspecified atom stereocenters. The van der Waals surface area contributed by atoms with E-state index < -0.39 is 0 Å². The van der Waals surface area contributed by atoms with Crippen LogP contribution in [0.2, 0.25) is 0 Å². The normalized spacial score (nSPS) is 10.5. The molecule has 0 aromatic carbocycles. The van der Waals surface area contributed by atoms with Gasteiger partial charge >= 0.3 is 0 Å². The summed E-state index contributed by atoms with van der Waals surface area (Å²) < 4.78 is 5.50. The van der Waals surface area contributed by atoms with Crippen LogP contribution in [0.3, 0.4) is 0 Å². The Morgan fingerprint density at radius 3 is 2.63 bits per heavy atom. The van der Waals surface area contributed by atoms with Crippen molar-refractivity contribution in [2.75, 3.05) is 5.32 Å². The number of rotatable bonds is 4. The van der Waals surface area contributed by atoms with E-state index in [1.807, 2.05) is 32.9 Å². The smallest absolute Gasteiger partial charge is 0.213 e. The minimum Gasteiger partial charge on any atom is -0.444 e. The first-order valence-corrected chi connectivity index (χ1v) is 6.32. The molecule has 0 aliphatic carbocycles. The summed E-state index contributed by atoms with van der Waals surface area (Å²) in [6.45, 7) is 6.15. The second-order valence-corrected chi connectivity index (χ2v) is 4.76. The third-order valence-electron chi connectivity index (χ3n) is 2.78. The van der Waals surface area contributed by atoms with Crippen molar-refractivity contribution in [3.8, 4) is 0 Å². The SMILES string of the molecule is Cc1ccc(C(N)=S)c(NCc2nc(C)c(C)o2)n1. The number of aromatic nitrogens is 2. The summed E-state index contributed by atoms with van der Waals surface area (Å²) in [7, 11) is 0. The van der Waals surface area contributed by atoms with Crippen LogP contribution in [0.1, 0.15) is 28.6 Å². The van der Waals surface area contributed by atoms with Gasteiger partial charge < -0.3 is 15.5 Å². The number of nitrogens with one attached hydrogen (secondary N) is 1. The first-order chi connectivity index (χ1) is 8.97. The molecule has 2 heterocycles. The Labute approximate surface area is 117 Å². The zero-order chi connectivity index (χ0) is 14.0. The third-order valence-corrected chi connectivity index (χ3v) is 3.00. The van der Waals surface area contributed by atoms with E-state index in [1.165, 1.54) is 0 Å². The molecule has 2 rings (SSSR count). The Hall–Kier alpha value is -1.95. The van der Waals surface area contributed by atoms with Crippen molar-refractivity contribution in [3.05, 3.63) is 40.7 Å². The summed E-state index contributed by atoms with van der Waals surface area (Å²) in [6, 6.07) is 3.73. The Kier molecular flexibility index (Phi) is 3.80. The Bertz CT molecular complexity index is 602. The van der Waals surface area contributed by atoms with Crippen molar-refractivity contribution in [1.82, 2.24) is 9.97 Å². The van der Waals surface area contributed by atoms with E-state index in [9.17, 15) is 0 Å². The zero-order valence-electron chi connectivity index (χ0n) is 11.2. The first kappa shape index (κ1) is 13.5. The van der Waals surface area contributed by atoms with Gasteiger partial charge in [-0.15, -0.1) is 0 Å². The van der Waals surface area contributed by atoms with Gasteiger partial charge in [-0.2, -0.15) is 0 Å². The number of pyridine rings is 1. The molecule has 2 aromatic rings. The molecular weight excluding hydrogens is 260 g/mol. The lowest BCUT2D eigenvalue weighted by molar-refractivity contribution is 0.478. The number of anilines is 1. The van der Waals surface area contributed by atoms with Gasteiger partial charge in [-0.25, -0.2) is 9.97 Å². The number of thiocarbonyl (C=S) groups is 1. The van der Waals surface area contributed by atoms with Gasteiger partial charge in [0.2, 0.25) is 5.89 Å². The van der Waals surface area contributed by atoms with E-state index in [0.717, 1.165) is 22.7 Å². The number of hydrogen-bond acceptors (Lipinski definition) is 5. The van der Waals surface area contributed by atoms with Gasteiger partial charge in [0.15, 0.2) is 0 Å². The van der Waals surface area contributed by atoms with E-state index >= 15 is 0 Å². The molecule has 0 bridgehead atoms. The number of aryl methyl sites for hydroxylation is 3. The van der Waals surface area contributed by atoms with Crippen LogP contribution in [0.25, 0.3) is 0 Å². The highest BCUT2D eigenvalue weighted by Crippen LogP contribution is 2.15. The summed E-state index contributed by atoms with van der Waals surface area (Å²) in [4.78, 5) is 9.01. The Balaban J connectivity index is 2.19. The molecule has 0 saturated heterocycles. The number of oxazole rings is 1. The molecule has 0 aliphatic heterocycles. The maximum Gasteiger partial charge on any atom is 0.213 e. The second-order valence-electron chi connectivity index (χ2n) is 4.32. The summed E-state index contributed by atoms with van der Waals surface area (Å²) in [5, 5.41) is 3.16. The van der Waals surface area contributed by atoms with Crippen LogP contribution >= 0.6 is 12.2 Å². The lowest BCUT2D eigenvalue weighted by Crippen LogP contribution is -2.15. The van der Waals surface area contributed by atoms with E-state index in [1.54, 1.807) is 0 Å². The van der Waals surface area contributed by atoms with Crippen LogP contribution in [-0.4, -0.2) is 15.0 Å². The molecule has 0 amide bonds. The van der Waals surface area contributed by atoms with Crippen molar-refractivity contribution in [3.63, 3.8) is 0 Å². The molecule has 0 aliphatic rings. The van der Waals surface area contributed by atoms with Gasteiger partial charge in [-0.05, 0) is 32.9 Å². The molecule has 19 heavy (non-hydrogen) atoms. The highest BCUT2D eigenvalue weighted by molar-refractivity contribution is 7.80. The van der Waals surface area contributed by atoms with Crippen LogP contribution in [0.5, 0.6) is 0 Å². The van der Waals surface area contributed by atoms with Crippen molar-refractivity contribution in [2.24, 2.45) is 5.73 Å². The fourth-order valence-electron chi connectivity index (χ4n) is 1.66. The molecule has 2 aromatic heterocycles. The zero-order valence-corrected chi connectivity index (χ0v) is 12.0. The van der Waals surface area contributed by atoms with Gasteiger partial charge in [0.1, 0.15) is 16.6 Å². The first-order valence-electron chi connectivity index (χ1n) is 5.91. The van der Waals surface area contributed by atoms with Crippen LogP contribution in [0.15, 0.2) is 16.5 Å². The van der Waals surface area contributed by atoms with Crippen LogP contribution < -0.4 is 11.1 Å². The summed E-state index contributed by atoms with van der Waals surface area (Å²) in [6.07, 6.45) is 0. The predicted octanol–water partition coefficient (Wildman–Crippen LogP) is 2.24. The summed E-state index contributed by atoms with van der Waals surface area (Å²) >= 11 is 5.01. The summed E-state index contributed by atoms with van der Waals surface area (Å²) in [5.41, 5.74) is 8.18. The average molecular weight is 276 g/mol. The fraction of sp³-hybridized carbons (Fsp3) is 0.308. The number of hydrogen-bond donors (Lipinski definition) is 2. The van der Waals surface area contributed by atoms with Crippen molar-refractivity contribution < 1.29 is 4.42 Å². The van der Waals surface area contributed by atoms with Gasteiger partial charge in [0.25, 0.3) is 0 Å². The van der Waals surface area contributed by atoms with E-state index in [-0.39, 0.29) is 0 Å². The lowest BCUT2D eigenvalue weighted by Gasteiger charge is -2.09. The molecular formula is C13H16N4OS. The maximum absolute atomic E-state index is 5.67. The quantitative estimate of drug-likeness (QED) is 0.834. The average Bonchev–Trinajstić information content (AvgIpc) is 2.66. The molecule has 3 N–H and O–H groups in total. The van der Waals surface area contributed by atoms with Crippen molar-refractivity contribution in [1.29, 1.82) is 0 Å². The molecule has 0 spiro atoms. The number of nitrogens with zero attached hydrogens (tertiary/aromatic N) is 2. The van der Waals surface area contributed by atoms with Crippen molar-refractivity contribution in [2.45, 2.75) is 27.3 Å². The lowest BCUT2D eigenvalue weighted by atomic mass is 10.2. The molecule has 0 fully saturated rings. The topological polar surface area (TPSA) is 77.0 Å². The van der Waals surface area contributed by atoms with Gasteiger partial charge in [-0.3, -0.25) is 0 Å². The molecule has 0 saturated carbocycles. The number of nitrogens with two attached hydrogens (primary N) is 1. The van der Waals surface area contributed by atoms with Crippen LogP contribution in [0, 0.1) is 20.8 Å². The Morgan fingerprint density at radius 2 is 2.05 bits per heavy atom. The van der Waals surface area contributed by atoms with Crippen LogP contribution in [-0.2, 0) is 6.54 Å². The second kappa shape index (κ2) is 5.36. The fourth-order valence-corrected chi connectivity index (χ4v) is 1.83. The maximum atomic E-state index is 5.67. The highest BCUT2D eigenvalue weighted by atomic mass is 32.1. The van der Waals surface area contributed by atoms with E-state index in [4.69, 9.17) is 22.4 Å². The monoisotopic (exact) mass is 276 g/mol. The Morgan fingerprint density at radius 1 is 1.32 bits per heavy atom. The van der Waals surface area contributed by atoms with E-state index in [0.29, 0.717) is 23.2 Å². The van der Waals surface area contributed by atoms with Gasteiger partial charge in [0, 0.05) is 5.69 Å². The standard InChI is InChI=1S/C13H16N4OS/c1-7-4-5-10(12(14)19)13(16-7)15-6-11-17-8(2)9(3)18-11/h4-5H,6H2,1-3H3,(H2,14,19)(H,15,16). The van der Waals surface area contributed by atoms with E-state index in [2.05, 4.69) is 15.3 Å². The molecule has 5 nitrogen and oxygen atoms in total. The molecule has 0 radical (unpaired) electrons.